The highest BCUT2D eigenvalue weighted by molar-refractivity contribution is 5.96. The number of hydrogen-bond donors (Lipinski definition) is 10. The summed E-state index contributed by atoms with van der Waals surface area (Å²) in [4.78, 5) is 97.5. The molecular formula is C32H44N10O8. The van der Waals surface area contributed by atoms with Crippen LogP contribution in [0.1, 0.15) is 44.9 Å². The largest absolute Gasteiger partial charge is 0.480 e. The molecule has 0 aliphatic heterocycles. The number of carbonyl (C=O) groups is 7. The van der Waals surface area contributed by atoms with Crippen LogP contribution in [0.25, 0.3) is 10.9 Å². The van der Waals surface area contributed by atoms with E-state index < -0.39 is 84.1 Å². The number of aliphatic carboxylic acids is 1. The number of amides is 6. The van der Waals surface area contributed by atoms with Gasteiger partial charge >= 0.3 is 5.97 Å². The first kappa shape index (κ1) is 38.7. The van der Waals surface area contributed by atoms with Crippen molar-refractivity contribution in [3.8, 4) is 0 Å². The van der Waals surface area contributed by atoms with Crippen LogP contribution in [0.2, 0.25) is 0 Å². The zero-order valence-electron chi connectivity index (χ0n) is 27.9. The first-order chi connectivity index (χ1) is 23.7. The third-order valence-corrected chi connectivity index (χ3v) is 7.80. The number of aromatic amines is 2. The monoisotopic (exact) mass is 696 g/mol. The van der Waals surface area contributed by atoms with Gasteiger partial charge in [0.2, 0.25) is 35.4 Å². The van der Waals surface area contributed by atoms with Gasteiger partial charge in [-0.15, -0.1) is 0 Å². The van der Waals surface area contributed by atoms with Crippen LogP contribution in [0.4, 0.5) is 0 Å². The van der Waals surface area contributed by atoms with Crippen molar-refractivity contribution in [2.75, 3.05) is 6.54 Å². The second-order valence-corrected chi connectivity index (χ2v) is 12.2. The van der Waals surface area contributed by atoms with Crippen molar-refractivity contribution in [2.45, 2.75) is 76.7 Å². The van der Waals surface area contributed by atoms with Gasteiger partial charge in [0, 0.05) is 48.3 Å². The molecule has 2 heterocycles. The van der Waals surface area contributed by atoms with Crippen LogP contribution < -0.4 is 38.1 Å². The second-order valence-electron chi connectivity index (χ2n) is 12.2. The third-order valence-electron chi connectivity index (χ3n) is 7.80. The number of fused-ring (bicyclic) bond motifs is 1. The highest BCUT2D eigenvalue weighted by atomic mass is 16.4. The van der Waals surface area contributed by atoms with Crippen molar-refractivity contribution in [3.05, 3.63) is 54.2 Å². The minimum Gasteiger partial charge on any atom is -0.480 e. The maximum atomic E-state index is 13.5. The van der Waals surface area contributed by atoms with Crippen LogP contribution in [-0.2, 0) is 46.4 Å². The molecule has 12 N–H and O–H groups in total. The van der Waals surface area contributed by atoms with Gasteiger partial charge in [0.1, 0.15) is 24.2 Å². The number of hydrogen-bond acceptors (Lipinski definition) is 9. The number of imidazole rings is 1. The minimum atomic E-state index is -1.28. The average molecular weight is 697 g/mol. The second kappa shape index (κ2) is 18.1. The van der Waals surface area contributed by atoms with Crippen LogP contribution in [0.15, 0.2) is 43.0 Å². The number of carbonyl (C=O) groups excluding carboxylic acids is 6. The number of carboxylic acid groups (broad SMARTS) is 1. The van der Waals surface area contributed by atoms with Gasteiger partial charge in [0.05, 0.1) is 18.9 Å². The molecule has 0 saturated heterocycles. The number of primary amides is 1. The van der Waals surface area contributed by atoms with E-state index >= 15 is 0 Å². The lowest BCUT2D eigenvalue weighted by atomic mass is 10.0. The smallest absolute Gasteiger partial charge is 0.326 e. The molecule has 18 nitrogen and oxygen atoms in total. The van der Waals surface area contributed by atoms with Gasteiger partial charge in [0.25, 0.3) is 0 Å². The van der Waals surface area contributed by atoms with E-state index in [9.17, 15) is 38.7 Å². The number of nitrogens with zero attached hydrogens (tertiary/aromatic N) is 1. The summed E-state index contributed by atoms with van der Waals surface area (Å²) in [6.45, 7) is 4.15. The van der Waals surface area contributed by atoms with Gasteiger partial charge in [-0.2, -0.15) is 0 Å². The van der Waals surface area contributed by atoms with E-state index in [4.69, 9.17) is 11.5 Å². The van der Waals surface area contributed by atoms with E-state index in [1.165, 1.54) is 19.4 Å². The van der Waals surface area contributed by atoms with E-state index in [-0.39, 0.29) is 25.7 Å². The molecule has 0 fully saturated rings. The Morgan fingerprint density at radius 1 is 0.860 bits per heavy atom. The number of carboxylic acids is 1. The van der Waals surface area contributed by atoms with Gasteiger partial charge in [-0.3, -0.25) is 28.8 Å². The predicted octanol–water partition coefficient (Wildman–Crippen LogP) is -1.92. The molecule has 50 heavy (non-hydrogen) atoms. The summed E-state index contributed by atoms with van der Waals surface area (Å²) in [5.74, 6) is -5.97. The molecule has 0 spiro atoms. The van der Waals surface area contributed by atoms with E-state index in [0.717, 1.165) is 10.9 Å². The standard InChI is InChI=1S/C32H44N10O8/c1-16(2)27(31(48)37-14-26(44)40-24(32(49)50)11-19-13-35-15-38-19)42-28(45)17(3)39-30(47)23(41-29(46)21(33)8-9-25(34)43)10-18-12-36-22-7-5-4-6-20(18)22/h4-7,12-13,15-17,21,23-24,27,36H,8-11,14,33H2,1-3H3,(H2,34,43)(H,35,38)(H,37,48)(H,39,47)(H,40,44)(H,41,46)(H,42,45)(H,49,50)/t17-,21-,23-,24-,27-/m0/s1. The summed E-state index contributed by atoms with van der Waals surface area (Å²) in [6.07, 6.45) is 4.31. The summed E-state index contributed by atoms with van der Waals surface area (Å²) >= 11 is 0. The minimum absolute atomic E-state index is 0.0299. The Labute approximate surface area is 287 Å². The van der Waals surface area contributed by atoms with Crippen LogP contribution in [0, 0.1) is 5.92 Å². The van der Waals surface area contributed by atoms with Crippen LogP contribution in [-0.4, -0.2) is 98.2 Å². The van der Waals surface area contributed by atoms with Crippen molar-refractivity contribution in [3.63, 3.8) is 0 Å². The van der Waals surface area contributed by atoms with Crippen LogP contribution >= 0.6 is 0 Å². The first-order valence-corrected chi connectivity index (χ1v) is 15.9. The normalized spacial score (nSPS) is 14.1. The average Bonchev–Trinajstić information content (AvgIpc) is 3.74. The van der Waals surface area contributed by atoms with Crippen molar-refractivity contribution in [1.29, 1.82) is 0 Å². The molecule has 0 aliphatic rings. The van der Waals surface area contributed by atoms with Gasteiger partial charge in [-0.05, 0) is 30.9 Å². The fraction of sp³-hybridized carbons (Fsp3) is 0.438. The Hall–Kier alpha value is -5.78. The van der Waals surface area contributed by atoms with Crippen molar-refractivity contribution >= 4 is 52.3 Å². The van der Waals surface area contributed by atoms with E-state index in [0.29, 0.717) is 11.3 Å². The molecule has 270 valence electrons. The van der Waals surface area contributed by atoms with E-state index in [1.807, 2.05) is 24.3 Å². The molecule has 3 rings (SSSR count). The molecule has 0 bridgehead atoms. The number of H-pyrrole nitrogens is 2. The van der Waals surface area contributed by atoms with E-state index in [2.05, 4.69) is 41.5 Å². The molecule has 1 aromatic carbocycles. The number of benzene rings is 1. The Kier molecular flexibility index (Phi) is 14.0. The number of para-hydroxylation sites is 1. The van der Waals surface area contributed by atoms with Crippen molar-refractivity contribution in [2.24, 2.45) is 17.4 Å². The Bertz CT molecular complexity index is 1670. The molecule has 6 amide bonds. The topological polar surface area (TPSA) is 296 Å². The SMILES string of the molecule is CC(C)[C@H](NC(=O)[C@H](C)NC(=O)[C@H](Cc1c[nH]c2ccccc12)NC(=O)[C@@H](N)CCC(N)=O)C(=O)NCC(=O)N[C@@H](Cc1cnc[nH]1)C(=O)O. The molecule has 0 aliphatic carbocycles. The number of nitrogens with one attached hydrogen (secondary N) is 7. The molecule has 5 atom stereocenters. The Morgan fingerprint density at radius 3 is 2.22 bits per heavy atom. The van der Waals surface area contributed by atoms with Gasteiger partial charge in [-0.1, -0.05) is 32.0 Å². The summed E-state index contributed by atoms with van der Waals surface area (Å²) in [5, 5.41) is 22.8. The lowest BCUT2D eigenvalue weighted by Crippen LogP contribution is -2.58. The Balaban J connectivity index is 1.63. The highest BCUT2D eigenvalue weighted by Crippen LogP contribution is 2.19. The number of rotatable bonds is 19. The summed E-state index contributed by atoms with van der Waals surface area (Å²) in [7, 11) is 0. The zero-order valence-corrected chi connectivity index (χ0v) is 27.9. The predicted molar refractivity (Wildman–Crippen MR) is 180 cm³/mol. The maximum Gasteiger partial charge on any atom is 0.326 e. The lowest BCUT2D eigenvalue weighted by molar-refractivity contribution is -0.141. The number of aromatic nitrogens is 3. The number of nitrogens with two attached hydrogens (primary N) is 2. The lowest BCUT2D eigenvalue weighted by Gasteiger charge is -2.25. The molecule has 0 unspecified atom stereocenters. The molecule has 0 saturated carbocycles. The van der Waals surface area contributed by atoms with Gasteiger partial charge in [0.15, 0.2) is 0 Å². The van der Waals surface area contributed by atoms with Gasteiger partial charge in [-0.25, -0.2) is 9.78 Å². The third kappa shape index (κ3) is 11.4. The Morgan fingerprint density at radius 2 is 1.58 bits per heavy atom. The molecule has 3 aromatic rings. The van der Waals surface area contributed by atoms with Crippen LogP contribution in [0.3, 0.4) is 0 Å². The molecule has 0 radical (unpaired) electrons. The zero-order chi connectivity index (χ0) is 37.0. The molecule has 2 aromatic heterocycles. The summed E-state index contributed by atoms with van der Waals surface area (Å²) < 4.78 is 0. The fourth-order valence-corrected chi connectivity index (χ4v) is 4.97. The quantitative estimate of drug-likeness (QED) is 0.0663. The first-order valence-electron chi connectivity index (χ1n) is 15.9. The summed E-state index contributed by atoms with van der Waals surface area (Å²) in [6, 6.07) is 1.47. The summed E-state index contributed by atoms with van der Waals surface area (Å²) in [5.41, 5.74) is 13.1. The van der Waals surface area contributed by atoms with Crippen molar-refractivity contribution < 1.29 is 38.7 Å². The fourth-order valence-electron chi connectivity index (χ4n) is 4.97. The maximum absolute atomic E-state index is 13.5. The molecule has 18 heteroatoms. The van der Waals surface area contributed by atoms with Crippen molar-refractivity contribution in [1.82, 2.24) is 41.5 Å². The molecular weight excluding hydrogens is 652 g/mol. The highest BCUT2D eigenvalue weighted by Gasteiger charge is 2.31. The van der Waals surface area contributed by atoms with Gasteiger partial charge < -0.3 is 53.1 Å². The van der Waals surface area contributed by atoms with E-state index in [1.54, 1.807) is 20.0 Å². The van der Waals surface area contributed by atoms with Crippen LogP contribution in [0.5, 0.6) is 0 Å².